The minimum atomic E-state index is 0.190. The number of hydrogen-bond donors (Lipinski definition) is 1. The predicted octanol–water partition coefficient (Wildman–Crippen LogP) is 2.29. The summed E-state index contributed by atoms with van der Waals surface area (Å²) in [6.07, 6.45) is 0. The van der Waals surface area contributed by atoms with E-state index in [2.05, 4.69) is 37.8 Å². The molecule has 1 heterocycles. The van der Waals surface area contributed by atoms with Crippen LogP contribution < -0.4 is 4.74 Å². The fraction of sp³-hybridized carbons (Fsp3) is 0.625. The second-order valence-corrected chi connectivity index (χ2v) is 6.43. The number of aliphatic hydroxyl groups excluding tert-OH is 1. The molecule has 0 radical (unpaired) electrons. The number of nitrogens with zero attached hydrogens (tertiary/aromatic N) is 1. The van der Waals surface area contributed by atoms with Gasteiger partial charge in [-0.05, 0) is 23.1 Å². The molecule has 1 aromatic carbocycles. The van der Waals surface area contributed by atoms with Crippen LogP contribution in [0.4, 0.5) is 0 Å². The molecule has 3 nitrogen and oxygen atoms in total. The first-order chi connectivity index (χ1) is 8.99. The van der Waals surface area contributed by atoms with Gasteiger partial charge in [-0.1, -0.05) is 32.9 Å². The number of aliphatic hydroxyl groups is 1. The molecule has 1 saturated heterocycles. The molecule has 1 N–H and O–H groups in total. The Hall–Kier alpha value is -1.06. The molecule has 0 atom stereocenters. The molecule has 2 rings (SSSR count). The fourth-order valence-electron chi connectivity index (χ4n) is 2.32. The quantitative estimate of drug-likeness (QED) is 0.884. The molecular weight excluding hydrogens is 238 g/mol. The molecule has 1 aromatic rings. The van der Waals surface area contributed by atoms with E-state index in [1.54, 1.807) is 0 Å². The molecule has 106 valence electrons. The second-order valence-electron chi connectivity index (χ2n) is 6.43. The largest absolute Gasteiger partial charge is 0.492 e. The van der Waals surface area contributed by atoms with Gasteiger partial charge in [0.15, 0.2) is 0 Å². The lowest BCUT2D eigenvalue weighted by Crippen LogP contribution is -2.49. The SMILES string of the molecule is CC(C)(C)c1ccc(OCCN2CC(CO)C2)cc1. The van der Waals surface area contributed by atoms with Crippen LogP contribution in [0.2, 0.25) is 0 Å². The highest BCUT2D eigenvalue weighted by atomic mass is 16.5. The normalized spacial score (nSPS) is 17.3. The van der Waals surface area contributed by atoms with Crippen LogP contribution in [-0.4, -0.2) is 42.9 Å². The Labute approximate surface area is 116 Å². The van der Waals surface area contributed by atoms with Crippen LogP contribution >= 0.6 is 0 Å². The van der Waals surface area contributed by atoms with Gasteiger partial charge in [-0.3, -0.25) is 4.90 Å². The van der Waals surface area contributed by atoms with Crippen molar-refractivity contribution in [1.82, 2.24) is 4.90 Å². The van der Waals surface area contributed by atoms with Crippen LogP contribution in [-0.2, 0) is 5.41 Å². The first-order valence-electron chi connectivity index (χ1n) is 7.05. The van der Waals surface area contributed by atoms with Crippen molar-refractivity contribution >= 4 is 0 Å². The summed E-state index contributed by atoms with van der Waals surface area (Å²) >= 11 is 0. The summed E-state index contributed by atoms with van der Waals surface area (Å²) in [5.41, 5.74) is 1.52. The zero-order valence-electron chi connectivity index (χ0n) is 12.2. The topological polar surface area (TPSA) is 32.7 Å². The van der Waals surface area contributed by atoms with Crippen molar-refractivity contribution in [3.8, 4) is 5.75 Å². The number of likely N-dealkylation sites (tertiary alicyclic amines) is 1. The third-order valence-electron chi connectivity index (χ3n) is 3.69. The summed E-state index contributed by atoms with van der Waals surface area (Å²) in [6.45, 7) is 10.6. The summed E-state index contributed by atoms with van der Waals surface area (Å²) in [5, 5.41) is 8.94. The molecule has 19 heavy (non-hydrogen) atoms. The molecular formula is C16H25NO2. The fourth-order valence-corrected chi connectivity index (χ4v) is 2.32. The van der Waals surface area contributed by atoms with Crippen molar-refractivity contribution < 1.29 is 9.84 Å². The van der Waals surface area contributed by atoms with E-state index in [1.165, 1.54) is 5.56 Å². The van der Waals surface area contributed by atoms with Gasteiger partial charge in [0.2, 0.25) is 0 Å². The Kier molecular flexibility index (Phi) is 4.48. The highest BCUT2D eigenvalue weighted by Gasteiger charge is 2.25. The van der Waals surface area contributed by atoms with Crippen molar-refractivity contribution in [1.29, 1.82) is 0 Å². The van der Waals surface area contributed by atoms with Crippen LogP contribution in [0.25, 0.3) is 0 Å². The molecule has 1 aliphatic rings. The Bertz CT molecular complexity index is 388. The van der Waals surface area contributed by atoms with E-state index in [0.717, 1.165) is 25.4 Å². The van der Waals surface area contributed by atoms with Crippen molar-refractivity contribution in [2.75, 3.05) is 32.8 Å². The molecule has 3 heteroatoms. The Morgan fingerprint density at radius 1 is 1.21 bits per heavy atom. The Balaban J connectivity index is 1.72. The van der Waals surface area contributed by atoms with Gasteiger partial charge in [-0.2, -0.15) is 0 Å². The lowest BCUT2D eigenvalue weighted by atomic mass is 9.87. The van der Waals surface area contributed by atoms with E-state index in [0.29, 0.717) is 19.1 Å². The summed E-state index contributed by atoms with van der Waals surface area (Å²) in [6, 6.07) is 8.38. The van der Waals surface area contributed by atoms with E-state index in [4.69, 9.17) is 9.84 Å². The van der Waals surface area contributed by atoms with Gasteiger partial charge in [-0.25, -0.2) is 0 Å². The smallest absolute Gasteiger partial charge is 0.119 e. The first-order valence-corrected chi connectivity index (χ1v) is 7.05. The molecule has 0 unspecified atom stereocenters. The van der Waals surface area contributed by atoms with Gasteiger partial charge in [-0.15, -0.1) is 0 Å². The third-order valence-corrected chi connectivity index (χ3v) is 3.69. The highest BCUT2D eigenvalue weighted by molar-refractivity contribution is 5.31. The maximum Gasteiger partial charge on any atom is 0.119 e. The monoisotopic (exact) mass is 263 g/mol. The standard InChI is InChI=1S/C16H25NO2/c1-16(2,3)14-4-6-15(7-5-14)19-9-8-17-10-13(11-17)12-18/h4-7,13,18H,8-12H2,1-3H3. The van der Waals surface area contributed by atoms with E-state index >= 15 is 0 Å². The zero-order valence-corrected chi connectivity index (χ0v) is 12.2. The highest BCUT2D eigenvalue weighted by Crippen LogP contribution is 2.24. The minimum absolute atomic E-state index is 0.190. The molecule has 0 spiro atoms. The number of rotatable bonds is 5. The lowest BCUT2D eigenvalue weighted by molar-refractivity contribution is 0.0439. The number of hydrogen-bond acceptors (Lipinski definition) is 3. The first kappa shape index (κ1) is 14.4. The molecule has 0 amide bonds. The molecule has 0 aromatic heterocycles. The summed E-state index contributed by atoms with van der Waals surface area (Å²) in [5.74, 6) is 1.42. The van der Waals surface area contributed by atoms with Crippen LogP contribution in [0.3, 0.4) is 0 Å². The van der Waals surface area contributed by atoms with Gasteiger partial charge < -0.3 is 9.84 Å². The van der Waals surface area contributed by atoms with Crippen molar-refractivity contribution in [3.05, 3.63) is 29.8 Å². The van der Waals surface area contributed by atoms with Gasteiger partial charge >= 0.3 is 0 Å². The molecule has 0 aliphatic carbocycles. The second kappa shape index (κ2) is 5.93. The average molecular weight is 263 g/mol. The van der Waals surface area contributed by atoms with Gasteiger partial charge in [0, 0.05) is 32.2 Å². The third kappa shape index (κ3) is 3.95. The maximum absolute atomic E-state index is 8.94. The van der Waals surface area contributed by atoms with Crippen molar-refractivity contribution in [3.63, 3.8) is 0 Å². The van der Waals surface area contributed by atoms with E-state index < -0.39 is 0 Å². The molecule has 1 aliphatic heterocycles. The summed E-state index contributed by atoms with van der Waals surface area (Å²) in [7, 11) is 0. The van der Waals surface area contributed by atoms with Crippen LogP contribution in [0, 0.1) is 5.92 Å². The average Bonchev–Trinajstić information content (AvgIpc) is 2.31. The van der Waals surface area contributed by atoms with Gasteiger partial charge in [0.25, 0.3) is 0 Å². The van der Waals surface area contributed by atoms with Gasteiger partial charge in [0.05, 0.1) is 0 Å². The number of benzene rings is 1. The van der Waals surface area contributed by atoms with Crippen molar-refractivity contribution in [2.24, 2.45) is 5.92 Å². The van der Waals surface area contributed by atoms with Crippen LogP contribution in [0.15, 0.2) is 24.3 Å². The molecule has 0 saturated carbocycles. The summed E-state index contributed by atoms with van der Waals surface area (Å²) < 4.78 is 5.74. The Morgan fingerprint density at radius 2 is 1.84 bits per heavy atom. The van der Waals surface area contributed by atoms with E-state index in [1.807, 2.05) is 12.1 Å². The minimum Gasteiger partial charge on any atom is -0.492 e. The van der Waals surface area contributed by atoms with E-state index in [-0.39, 0.29) is 5.41 Å². The summed E-state index contributed by atoms with van der Waals surface area (Å²) in [4.78, 5) is 2.31. The zero-order chi connectivity index (χ0) is 13.9. The van der Waals surface area contributed by atoms with Gasteiger partial charge in [0.1, 0.15) is 12.4 Å². The molecule has 0 bridgehead atoms. The van der Waals surface area contributed by atoms with Crippen molar-refractivity contribution in [2.45, 2.75) is 26.2 Å². The number of ether oxygens (including phenoxy) is 1. The predicted molar refractivity (Wildman–Crippen MR) is 77.7 cm³/mol. The van der Waals surface area contributed by atoms with Crippen LogP contribution in [0.5, 0.6) is 5.75 Å². The maximum atomic E-state index is 8.94. The van der Waals surface area contributed by atoms with Crippen LogP contribution in [0.1, 0.15) is 26.3 Å². The van der Waals surface area contributed by atoms with E-state index in [9.17, 15) is 0 Å². The lowest BCUT2D eigenvalue weighted by Gasteiger charge is -2.37. The molecule has 1 fully saturated rings. The Morgan fingerprint density at radius 3 is 2.37 bits per heavy atom.